The van der Waals surface area contributed by atoms with Gasteiger partial charge in [0.2, 0.25) is 15.9 Å². The Labute approximate surface area is 164 Å². The van der Waals surface area contributed by atoms with Crippen LogP contribution in [-0.4, -0.2) is 20.9 Å². The third-order valence-corrected chi connectivity index (χ3v) is 7.18. The number of halogens is 1. The van der Waals surface area contributed by atoms with Crippen molar-refractivity contribution in [3.8, 4) is 0 Å². The predicted octanol–water partition coefficient (Wildman–Crippen LogP) is 3.74. The number of hydrogen-bond acceptors (Lipinski definition) is 3. The average Bonchev–Trinajstić information content (AvgIpc) is 3.20. The van der Waals surface area contributed by atoms with Crippen molar-refractivity contribution in [3.05, 3.63) is 58.1 Å². The minimum atomic E-state index is -3.67. The van der Waals surface area contributed by atoms with Crippen molar-refractivity contribution in [2.24, 2.45) is 0 Å². The Morgan fingerprint density at radius 2 is 1.96 bits per heavy atom. The Morgan fingerprint density at radius 1 is 1.15 bits per heavy atom. The van der Waals surface area contributed by atoms with Crippen LogP contribution in [0.4, 0.5) is 5.69 Å². The SMILES string of the molecule is Cc1cc(N2CCCC2=O)ccc1S(=O)(=O)NC1CCc2cc(Cl)ccc21. The molecule has 1 fully saturated rings. The number of nitrogens with one attached hydrogen (secondary N) is 1. The van der Waals surface area contributed by atoms with Crippen molar-refractivity contribution in [1.82, 2.24) is 4.72 Å². The lowest BCUT2D eigenvalue weighted by atomic mass is 10.1. The first kappa shape index (κ1) is 18.5. The van der Waals surface area contributed by atoms with E-state index in [2.05, 4.69) is 4.72 Å². The summed E-state index contributed by atoms with van der Waals surface area (Å²) in [6, 6.07) is 10.4. The number of anilines is 1. The van der Waals surface area contributed by atoms with Crippen LogP contribution in [0.25, 0.3) is 0 Å². The van der Waals surface area contributed by atoms with E-state index in [1.807, 2.05) is 12.1 Å². The van der Waals surface area contributed by atoms with Gasteiger partial charge >= 0.3 is 0 Å². The number of sulfonamides is 1. The van der Waals surface area contributed by atoms with Crippen LogP contribution in [0.3, 0.4) is 0 Å². The molecule has 4 rings (SSSR count). The van der Waals surface area contributed by atoms with E-state index in [4.69, 9.17) is 11.6 Å². The van der Waals surface area contributed by atoms with Gasteiger partial charge in [-0.2, -0.15) is 0 Å². The summed E-state index contributed by atoms with van der Waals surface area (Å²) in [5, 5.41) is 0.667. The summed E-state index contributed by atoms with van der Waals surface area (Å²) in [5.74, 6) is 0.0874. The lowest BCUT2D eigenvalue weighted by molar-refractivity contribution is -0.117. The van der Waals surface area contributed by atoms with Crippen LogP contribution in [0.1, 0.15) is 42.0 Å². The van der Waals surface area contributed by atoms with Crippen LogP contribution in [-0.2, 0) is 21.2 Å². The zero-order chi connectivity index (χ0) is 19.2. The van der Waals surface area contributed by atoms with Crippen molar-refractivity contribution >= 4 is 33.2 Å². The van der Waals surface area contributed by atoms with E-state index in [0.717, 1.165) is 29.7 Å². The first-order chi connectivity index (χ1) is 12.8. The molecule has 2 aliphatic rings. The summed E-state index contributed by atoms with van der Waals surface area (Å²) >= 11 is 6.03. The molecule has 2 aromatic rings. The third-order valence-electron chi connectivity index (χ3n) is 5.31. The molecule has 0 spiro atoms. The number of aryl methyl sites for hydroxylation is 2. The summed E-state index contributed by atoms with van der Waals surface area (Å²) in [6.07, 6.45) is 2.91. The fourth-order valence-electron chi connectivity index (χ4n) is 3.98. The fourth-order valence-corrected chi connectivity index (χ4v) is 5.65. The highest BCUT2D eigenvalue weighted by Crippen LogP contribution is 2.34. The lowest BCUT2D eigenvalue weighted by Crippen LogP contribution is -2.28. The van der Waals surface area contributed by atoms with Crippen LogP contribution in [0, 0.1) is 6.92 Å². The smallest absolute Gasteiger partial charge is 0.241 e. The molecule has 1 aliphatic heterocycles. The van der Waals surface area contributed by atoms with Gasteiger partial charge in [0.15, 0.2) is 0 Å². The zero-order valence-corrected chi connectivity index (χ0v) is 16.6. The maximum absolute atomic E-state index is 13.0. The zero-order valence-electron chi connectivity index (χ0n) is 15.0. The van der Waals surface area contributed by atoms with E-state index in [1.165, 1.54) is 0 Å². The molecule has 5 nitrogen and oxygen atoms in total. The normalized spacial score (nSPS) is 19.6. The van der Waals surface area contributed by atoms with Gasteiger partial charge < -0.3 is 4.90 Å². The quantitative estimate of drug-likeness (QED) is 0.844. The number of benzene rings is 2. The highest BCUT2D eigenvalue weighted by molar-refractivity contribution is 7.89. The fraction of sp³-hybridized carbons (Fsp3) is 0.350. The van der Waals surface area contributed by atoms with Crippen molar-refractivity contribution < 1.29 is 13.2 Å². The summed E-state index contributed by atoms with van der Waals surface area (Å²) in [4.78, 5) is 13.9. The molecule has 0 radical (unpaired) electrons. The highest BCUT2D eigenvalue weighted by atomic mass is 35.5. The minimum Gasteiger partial charge on any atom is -0.312 e. The second kappa shape index (κ2) is 6.93. The van der Waals surface area contributed by atoms with Gasteiger partial charge in [-0.05, 0) is 73.2 Å². The van der Waals surface area contributed by atoms with E-state index in [1.54, 1.807) is 36.1 Å². The number of rotatable bonds is 4. The monoisotopic (exact) mass is 404 g/mol. The number of carbonyl (C=O) groups is 1. The molecular formula is C20H21ClN2O3S. The molecule has 1 heterocycles. The predicted molar refractivity (Wildman–Crippen MR) is 106 cm³/mol. The standard InChI is InChI=1S/C20H21ClN2O3S/c1-13-11-16(23-10-2-3-20(23)24)6-9-19(13)27(25,26)22-18-8-4-14-12-15(21)5-7-17(14)18/h5-7,9,11-12,18,22H,2-4,8,10H2,1H3. The Morgan fingerprint density at radius 3 is 2.67 bits per heavy atom. The Balaban J connectivity index is 1.59. The van der Waals surface area contributed by atoms with E-state index in [9.17, 15) is 13.2 Å². The summed E-state index contributed by atoms with van der Waals surface area (Å²) in [5.41, 5.74) is 3.47. The molecule has 1 aliphatic carbocycles. The van der Waals surface area contributed by atoms with Crippen LogP contribution < -0.4 is 9.62 Å². The molecule has 0 aromatic heterocycles. The van der Waals surface area contributed by atoms with E-state index in [-0.39, 0.29) is 16.8 Å². The molecule has 7 heteroatoms. The van der Waals surface area contributed by atoms with Crippen LogP contribution >= 0.6 is 11.6 Å². The average molecular weight is 405 g/mol. The largest absolute Gasteiger partial charge is 0.312 e. The van der Waals surface area contributed by atoms with Gasteiger partial charge in [-0.3, -0.25) is 4.79 Å². The minimum absolute atomic E-state index is 0.0874. The number of carbonyl (C=O) groups excluding carboxylic acids is 1. The number of amides is 1. The number of fused-ring (bicyclic) bond motifs is 1. The van der Waals surface area contributed by atoms with Gasteiger partial charge in [0.05, 0.1) is 4.90 Å². The molecular weight excluding hydrogens is 384 g/mol. The highest BCUT2D eigenvalue weighted by Gasteiger charge is 2.29. The third kappa shape index (κ3) is 3.49. The first-order valence-electron chi connectivity index (χ1n) is 9.07. The van der Waals surface area contributed by atoms with Crippen molar-refractivity contribution in [3.63, 3.8) is 0 Å². The summed E-state index contributed by atoms with van der Waals surface area (Å²) in [6.45, 7) is 2.45. The molecule has 1 N–H and O–H groups in total. The van der Waals surface area contributed by atoms with Gasteiger partial charge in [0.25, 0.3) is 0 Å². The molecule has 1 atom stereocenters. The molecule has 27 heavy (non-hydrogen) atoms. The Kier molecular flexibility index (Phi) is 4.74. The first-order valence-corrected chi connectivity index (χ1v) is 10.9. The van der Waals surface area contributed by atoms with Crippen LogP contribution in [0.2, 0.25) is 5.02 Å². The molecule has 2 aromatic carbocycles. The Bertz CT molecular complexity index is 1020. The van der Waals surface area contributed by atoms with Crippen LogP contribution in [0.5, 0.6) is 0 Å². The molecule has 0 bridgehead atoms. The van der Waals surface area contributed by atoms with Gasteiger partial charge in [-0.15, -0.1) is 0 Å². The summed E-state index contributed by atoms with van der Waals surface area (Å²) in [7, 11) is -3.67. The van der Waals surface area contributed by atoms with Crippen molar-refractivity contribution in [2.75, 3.05) is 11.4 Å². The van der Waals surface area contributed by atoms with Crippen molar-refractivity contribution in [1.29, 1.82) is 0 Å². The number of hydrogen-bond donors (Lipinski definition) is 1. The second-order valence-electron chi connectivity index (χ2n) is 7.15. The van der Waals surface area contributed by atoms with Crippen molar-refractivity contribution in [2.45, 2.75) is 43.5 Å². The lowest BCUT2D eigenvalue weighted by Gasteiger charge is -2.19. The maximum Gasteiger partial charge on any atom is 0.241 e. The maximum atomic E-state index is 13.0. The van der Waals surface area contributed by atoms with E-state index < -0.39 is 10.0 Å². The van der Waals surface area contributed by atoms with Gasteiger partial charge in [-0.25, -0.2) is 13.1 Å². The van der Waals surface area contributed by atoms with E-state index in [0.29, 0.717) is 30.0 Å². The summed E-state index contributed by atoms with van der Waals surface area (Å²) < 4.78 is 28.8. The Hall–Kier alpha value is -1.89. The topological polar surface area (TPSA) is 66.5 Å². The molecule has 1 unspecified atom stereocenters. The molecule has 1 saturated heterocycles. The number of nitrogens with zero attached hydrogens (tertiary/aromatic N) is 1. The van der Waals surface area contributed by atoms with Gasteiger partial charge in [0.1, 0.15) is 0 Å². The van der Waals surface area contributed by atoms with Crippen LogP contribution in [0.15, 0.2) is 41.3 Å². The molecule has 0 saturated carbocycles. The molecule has 142 valence electrons. The van der Waals surface area contributed by atoms with E-state index >= 15 is 0 Å². The van der Waals surface area contributed by atoms with Gasteiger partial charge in [0, 0.05) is 29.7 Å². The molecule has 1 amide bonds. The second-order valence-corrected chi connectivity index (χ2v) is 9.27. The van der Waals surface area contributed by atoms with Gasteiger partial charge in [-0.1, -0.05) is 17.7 Å².